The molecule has 22 heavy (non-hydrogen) atoms. The second kappa shape index (κ2) is 5.11. The monoisotopic (exact) mass is 290 g/mol. The molecule has 0 aliphatic carbocycles. The lowest BCUT2D eigenvalue weighted by Gasteiger charge is -2.08. The highest BCUT2D eigenvalue weighted by Gasteiger charge is 2.17. The smallest absolute Gasteiger partial charge is 0.163 e. The zero-order chi connectivity index (χ0) is 14.9. The maximum absolute atomic E-state index is 5.09. The molecule has 3 heterocycles. The van der Waals surface area contributed by atoms with Crippen LogP contribution in [0, 0.1) is 6.92 Å². The average Bonchev–Trinajstić information content (AvgIpc) is 3.12. The molecule has 3 aromatic heterocycles. The molecule has 0 bridgehead atoms. The van der Waals surface area contributed by atoms with E-state index in [1.807, 2.05) is 37.4 Å². The van der Waals surface area contributed by atoms with Crippen LogP contribution >= 0.6 is 0 Å². The van der Waals surface area contributed by atoms with Crippen LogP contribution in [-0.2, 0) is 6.54 Å². The topological polar surface area (TPSA) is 56.7 Å². The normalized spacial score (nSPS) is 11.1. The third-order valence-corrected chi connectivity index (χ3v) is 3.68. The highest BCUT2D eigenvalue weighted by molar-refractivity contribution is 5.80. The van der Waals surface area contributed by atoms with Crippen LogP contribution in [0.15, 0.2) is 59.6 Å². The van der Waals surface area contributed by atoms with Gasteiger partial charge in [0.15, 0.2) is 11.5 Å². The number of fused-ring (bicyclic) bond motifs is 1. The molecule has 1 aromatic carbocycles. The van der Waals surface area contributed by atoms with E-state index in [0.29, 0.717) is 6.54 Å². The lowest BCUT2D eigenvalue weighted by Crippen LogP contribution is -2.03. The van der Waals surface area contributed by atoms with Crippen LogP contribution in [0.5, 0.6) is 0 Å². The number of pyridine rings is 1. The molecule has 0 atom stereocenters. The molecule has 0 spiro atoms. The van der Waals surface area contributed by atoms with Crippen molar-refractivity contribution in [3.8, 4) is 11.5 Å². The minimum atomic E-state index is 0.690. The molecule has 0 amide bonds. The Morgan fingerprint density at radius 3 is 2.82 bits per heavy atom. The van der Waals surface area contributed by atoms with Gasteiger partial charge in [-0.2, -0.15) is 0 Å². The van der Waals surface area contributed by atoms with Gasteiger partial charge in [0.05, 0.1) is 17.6 Å². The minimum absolute atomic E-state index is 0.690. The van der Waals surface area contributed by atoms with E-state index < -0.39 is 0 Å². The molecule has 108 valence electrons. The van der Waals surface area contributed by atoms with Gasteiger partial charge in [0.2, 0.25) is 0 Å². The van der Waals surface area contributed by atoms with Gasteiger partial charge in [-0.25, -0.2) is 4.98 Å². The van der Waals surface area contributed by atoms with Crippen molar-refractivity contribution in [1.82, 2.24) is 19.7 Å². The Labute approximate surface area is 127 Å². The van der Waals surface area contributed by atoms with Crippen LogP contribution in [-0.4, -0.2) is 19.7 Å². The number of imidazole rings is 1. The number of hydrogen-bond donors (Lipinski definition) is 0. The number of hydrogen-bond acceptors (Lipinski definition) is 4. The molecule has 4 aromatic rings. The van der Waals surface area contributed by atoms with E-state index in [4.69, 9.17) is 9.51 Å². The van der Waals surface area contributed by atoms with Crippen molar-refractivity contribution in [3.63, 3.8) is 0 Å². The largest absolute Gasteiger partial charge is 0.364 e. The first-order valence-electron chi connectivity index (χ1n) is 7.08. The van der Waals surface area contributed by atoms with Gasteiger partial charge in [0.1, 0.15) is 6.26 Å². The Bertz CT molecular complexity index is 924. The molecule has 0 fully saturated rings. The average molecular weight is 290 g/mol. The fraction of sp³-hybridized carbons (Fsp3) is 0.118. The van der Waals surface area contributed by atoms with Crippen molar-refractivity contribution in [2.75, 3.05) is 0 Å². The van der Waals surface area contributed by atoms with Crippen LogP contribution in [0.1, 0.15) is 11.1 Å². The molecule has 0 aliphatic heterocycles. The second-order valence-electron chi connectivity index (χ2n) is 5.22. The van der Waals surface area contributed by atoms with Gasteiger partial charge in [-0.05, 0) is 30.7 Å². The minimum Gasteiger partial charge on any atom is -0.364 e. The molecule has 0 aliphatic rings. The molecular formula is C17H14N4O. The van der Waals surface area contributed by atoms with Crippen molar-refractivity contribution in [2.24, 2.45) is 0 Å². The van der Waals surface area contributed by atoms with E-state index in [2.05, 4.69) is 26.8 Å². The summed E-state index contributed by atoms with van der Waals surface area (Å²) in [5.41, 5.74) is 4.89. The molecule has 4 rings (SSSR count). The first-order chi connectivity index (χ1) is 10.8. The van der Waals surface area contributed by atoms with E-state index in [1.165, 1.54) is 0 Å². The first-order valence-corrected chi connectivity index (χ1v) is 7.08. The van der Waals surface area contributed by atoms with Gasteiger partial charge >= 0.3 is 0 Å². The third kappa shape index (κ3) is 2.07. The van der Waals surface area contributed by atoms with Gasteiger partial charge in [0, 0.05) is 18.0 Å². The molecule has 5 nitrogen and oxygen atoms in total. The molecule has 5 heteroatoms. The lowest BCUT2D eigenvalue weighted by atomic mass is 10.2. The van der Waals surface area contributed by atoms with E-state index >= 15 is 0 Å². The van der Waals surface area contributed by atoms with Crippen LogP contribution in [0.25, 0.3) is 22.6 Å². The number of aromatic nitrogens is 4. The fourth-order valence-electron chi connectivity index (χ4n) is 2.59. The van der Waals surface area contributed by atoms with E-state index in [9.17, 15) is 0 Å². The standard InChI is InChI=1S/C17H14N4O/c1-12-11-22-20-16(12)17-19-14-6-2-3-7-15(14)21(17)10-13-5-4-8-18-9-13/h2-9,11H,10H2,1H3. The Morgan fingerprint density at radius 2 is 2.05 bits per heavy atom. The van der Waals surface area contributed by atoms with Gasteiger partial charge in [-0.15, -0.1) is 0 Å². The number of aryl methyl sites for hydroxylation is 1. The quantitative estimate of drug-likeness (QED) is 0.580. The number of para-hydroxylation sites is 2. The Kier molecular flexibility index (Phi) is 2.96. The zero-order valence-corrected chi connectivity index (χ0v) is 12.1. The van der Waals surface area contributed by atoms with Crippen molar-refractivity contribution >= 4 is 11.0 Å². The van der Waals surface area contributed by atoms with Crippen molar-refractivity contribution in [2.45, 2.75) is 13.5 Å². The van der Waals surface area contributed by atoms with Gasteiger partial charge < -0.3 is 9.09 Å². The van der Waals surface area contributed by atoms with Gasteiger partial charge in [0.25, 0.3) is 0 Å². The molecular weight excluding hydrogens is 276 g/mol. The predicted octanol–water partition coefficient (Wildman–Crippen LogP) is 3.44. The SMILES string of the molecule is Cc1conc1-c1nc2ccccc2n1Cc1cccnc1. The van der Waals surface area contributed by atoms with Crippen molar-refractivity contribution < 1.29 is 4.52 Å². The number of nitrogens with zero attached hydrogens (tertiary/aromatic N) is 4. The highest BCUT2D eigenvalue weighted by atomic mass is 16.5. The summed E-state index contributed by atoms with van der Waals surface area (Å²) in [5, 5.41) is 4.11. The molecule has 0 radical (unpaired) electrons. The lowest BCUT2D eigenvalue weighted by molar-refractivity contribution is 0.421. The Morgan fingerprint density at radius 1 is 1.14 bits per heavy atom. The maximum atomic E-state index is 5.09. The Balaban J connectivity index is 1.93. The van der Waals surface area contributed by atoms with Gasteiger partial charge in [-0.1, -0.05) is 23.4 Å². The molecule has 0 saturated heterocycles. The highest BCUT2D eigenvalue weighted by Crippen LogP contribution is 2.26. The zero-order valence-electron chi connectivity index (χ0n) is 12.1. The summed E-state index contributed by atoms with van der Waals surface area (Å²) >= 11 is 0. The number of benzene rings is 1. The van der Waals surface area contributed by atoms with Gasteiger partial charge in [-0.3, -0.25) is 4.98 Å². The summed E-state index contributed by atoms with van der Waals surface area (Å²) in [5.74, 6) is 0.816. The predicted molar refractivity (Wildman–Crippen MR) is 83.3 cm³/mol. The van der Waals surface area contributed by atoms with Crippen LogP contribution in [0.3, 0.4) is 0 Å². The third-order valence-electron chi connectivity index (χ3n) is 3.68. The summed E-state index contributed by atoms with van der Waals surface area (Å²) in [4.78, 5) is 8.92. The first kappa shape index (κ1) is 12.8. The van der Waals surface area contributed by atoms with Crippen LogP contribution in [0.4, 0.5) is 0 Å². The second-order valence-corrected chi connectivity index (χ2v) is 5.22. The fourth-order valence-corrected chi connectivity index (χ4v) is 2.59. The van der Waals surface area contributed by atoms with Crippen LogP contribution in [0.2, 0.25) is 0 Å². The summed E-state index contributed by atoms with van der Waals surface area (Å²) in [7, 11) is 0. The molecule has 0 N–H and O–H groups in total. The summed E-state index contributed by atoms with van der Waals surface area (Å²) in [6, 6.07) is 12.1. The Hall–Kier alpha value is -2.95. The molecule has 0 unspecified atom stereocenters. The summed E-state index contributed by atoms with van der Waals surface area (Å²) in [6.07, 6.45) is 5.29. The summed E-state index contributed by atoms with van der Waals surface area (Å²) in [6.45, 7) is 2.66. The van der Waals surface area contributed by atoms with Crippen molar-refractivity contribution in [1.29, 1.82) is 0 Å². The van der Waals surface area contributed by atoms with E-state index in [0.717, 1.165) is 33.7 Å². The van der Waals surface area contributed by atoms with Crippen LogP contribution < -0.4 is 0 Å². The van der Waals surface area contributed by atoms with Crippen molar-refractivity contribution in [3.05, 3.63) is 66.2 Å². The molecule has 0 saturated carbocycles. The maximum Gasteiger partial charge on any atom is 0.163 e. The van der Waals surface area contributed by atoms with E-state index in [-0.39, 0.29) is 0 Å². The number of rotatable bonds is 3. The summed E-state index contributed by atoms with van der Waals surface area (Å²) < 4.78 is 7.24. The van der Waals surface area contributed by atoms with E-state index in [1.54, 1.807) is 12.5 Å².